The fraction of sp³-hybridized carbons (Fsp3) is 0.143. The second-order valence-corrected chi connectivity index (χ2v) is 15.6. The Labute approximate surface area is 315 Å². The molecule has 0 radical (unpaired) electrons. The van der Waals surface area contributed by atoms with Crippen LogP contribution in [0, 0.1) is 41.5 Å². The minimum absolute atomic E-state index is 0.733. The van der Waals surface area contributed by atoms with Crippen molar-refractivity contribution in [1.82, 2.24) is 4.98 Å². The summed E-state index contributed by atoms with van der Waals surface area (Å²) in [5, 5.41) is 3.84. The van der Waals surface area contributed by atoms with Crippen LogP contribution in [0.4, 0.5) is 0 Å². The summed E-state index contributed by atoms with van der Waals surface area (Å²) in [6.45, 7) is 13.2. The van der Waals surface area contributed by atoms with Crippen LogP contribution < -0.4 is 0 Å². The van der Waals surface area contributed by atoms with E-state index in [-0.39, 0.29) is 0 Å². The van der Waals surface area contributed by atoms with Crippen molar-refractivity contribution in [3.63, 3.8) is 0 Å². The van der Waals surface area contributed by atoms with Crippen molar-refractivity contribution in [1.29, 1.82) is 0 Å². The van der Waals surface area contributed by atoms with Crippen LogP contribution in [0.5, 0.6) is 0 Å². The lowest BCUT2D eigenvalue weighted by atomic mass is 9.84. The molecule has 0 amide bonds. The Morgan fingerprint density at radius 3 is 1.58 bits per heavy atom. The molecule has 1 aliphatic rings. The molecule has 0 saturated carbocycles. The lowest BCUT2D eigenvalue weighted by Crippen LogP contribution is -1.96. The Morgan fingerprint density at radius 2 is 1.00 bits per heavy atom. The van der Waals surface area contributed by atoms with Crippen molar-refractivity contribution in [3.8, 4) is 55.6 Å². The first kappa shape index (κ1) is 32.8. The van der Waals surface area contributed by atoms with E-state index in [1.807, 2.05) is 24.3 Å². The average Bonchev–Trinajstić information content (AvgIpc) is 3.66. The van der Waals surface area contributed by atoms with Gasteiger partial charge in [0, 0.05) is 43.0 Å². The normalized spacial score (nSPS) is 12.2. The molecule has 7 aromatic carbocycles. The van der Waals surface area contributed by atoms with Gasteiger partial charge in [-0.05, 0) is 151 Å². The van der Waals surface area contributed by atoms with Gasteiger partial charge < -0.3 is 4.98 Å². The lowest BCUT2D eigenvalue weighted by Gasteiger charge is -2.19. The summed E-state index contributed by atoms with van der Waals surface area (Å²) in [6.07, 6.45) is 0.799. The summed E-state index contributed by atoms with van der Waals surface area (Å²) in [5.41, 5.74) is 24.4. The Kier molecular flexibility index (Phi) is 7.74. The van der Waals surface area contributed by atoms with E-state index in [4.69, 9.17) is 23.2 Å². The van der Waals surface area contributed by atoms with E-state index in [1.165, 1.54) is 94.2 Å². The van der Waals surface area contributed by atoms with E-state index in [0.29, 0.717) is 0 Å². The van der Waals surface area contributed by atoms with Gasteiger partial charge in [0.25, 0.3) is 0 Å². The number of aromatic amines is 1. The maximum atomic E-state index is 7.18. The van der Waals surface area contributed by atoms with Crippen molar-refractivity contribution in [3.05, 3.63) is 164 Å². The number of nitrogens with one attached hydrogen (secondary N) is 1. The van der Waals surface area contributed by atoms with Gasteiger partial charge in [-0.25, -0.2) is 0 Å². The van der Waals surface area contributed by atoms with Gasteiger partial charge in [0.1, 0.15) is 0 Å². The highest BCUT2D eigenvalue weighted by Crippen LogP contribution is 2.55. The van der Waals surface area contributed by atoms with Crippen LogP contribution in [-0.2, 0) is 6.42 Å². The van der Waals surface area contributed by atoms with Crippen LogP contribution in [0.15, 0.2) is 109 Å². The summed E-state index contributed by atoms with van der Waals surface area (Å²) in [7, 11) is 0. The predicted molar refractivity (Wildman–Crippen MR) is 224 cm³/mol. The van der Waals surface area contributed by atoms with Gasteiger partial charge >= 0.3 is 0 Å². The van der Waals surface area contributed by atoms with Gasteiger partial charge in [-0.3, -0.25) is 0 Å². The molecule has 8 aromatic rings. The molecule has 3 heteroatoms. The molecule has 52 heavy (non-hydrogen) atoms. The minimum atomic E-state index is 0.733. The Balaban J connectivity index is 1.44. The highest BCUT2D eigenvalue weighted by molar-refractivity contribution is 6.36. The first-order chi connectivity index (χ1) is 25.1. The molecule has 1 aromatic heterocycles. The fourth-order valence-corrected chi connectivity index (χ4v) is 9.76. The summed E-state index contributed by atoms with van der Waals surface area (Å²) in [6, 6.07) is 39.7. The Morgan fingerprint density at radius 1 is 0.481 bits per heavy atom. The molecule has 0 spiro atoms. The number of aromatic nitrogens is 1. The zero-order chi connectivity index (χ0) is 36.0. The number of benzene rings is 7. The monoisotopic (exact) mass is 711 g/mol. The van der Waals surface area contributed by atoms with Crippen LogP contribution in [0.3, 0.4) is 0 Å². The summed E-state index contributed by atoms with van der Waals surface area (Å²) in [4.78, 5) is 3.95. The smallest absolute Gasteiger partial charge is 0.0557 e. The molecular weight excluding hydrogens is 673 g/mol. The lowest BCUT2D eigenvalue weighted by molar-refractivity contribution is 1.27. The number of fused-ring (bicyclic) bond motifs is 6. The summed E-state index contributed by atoms with van der Waals surface area (Å²) in [5.74, 6) is 0. The predicted octanol–water partition coefficient (Wildman–Crippen LogP) is 14.7. The molecule has 0 saturated heterocycles. The van der Waals surface area contributed by atoms with Crippen molar-refractivity contribution in [2.24, 2.45) is 0 Å². The zero-order valence-corrected chi connectivity index (χ0v) is 31.9. The summed E-state index contributed by atoms with van der Waals surface area (Å²) >= 11 is 14.3. The molecule has 0 atom stereocenters. The molecule has 254 valence electrons. The van der Waals surface area contributed by atoms with Crippen LogP contribution in [0.2, 0.25) is 10.0 Å². The zero-order valence-electron chi connectivity index (χ0n) is 30.4. The molecule has 9 rings (SSSR count). The van der Waals surface area contributed by atoms with Crippen LogP contribution in [-0.4, -0.2) is 4.98 Å². The van der Waals surface area contributed by atoms with Crippen LogP contribution in [0.1, 0.15) is 44.5 Å². The fourth-order valence-electron chi connectivity index (χ4n) is 9.29. The second-order valence-electron chi connectivity index (χ2n) is 14.8. The average molecular weight is 713 g/mol. The number of H-pyrrole nitrogens is 1. The number of hydrogen-bond acceptors (Lipinski definition) is 0. The molecule has 0 fully saturated rings. The molecule has 1 N–H and O–H groups in total. The van der Waals surface area contributed by atoms with Crippen LogP contribution >= 0.6 is 23.2 Å². The first-order valence-corrected chi connectivity index (χ1v) is 18.8. The number of rotatable bonds is 4. The van der Waals surface area contributed by atoms with Crippen molar-refractivity contribution >= 4 is 45.0 Å². The topological polar surface area (TPSA) is 15.8 Å². The van der Waals surface area contributed by atoms with Gasteiger partial charge in [-0.1, -0.05) is 113 Å². The minimum Gasteiger partial charge on any atom is -0.354 e. The third-order valence-electron chi connectivity index (χ3n) is 11.1. The van der Waals surface area contributed by atoms with E-state index >= 15 is 0 Å². The van der Waals surface area contributed by atoms with E-state index in [2.05, 4.69) is 131 Å². The summed E-state index contributed by atoms with van der Waals surface area (Å²) < 4.78 is 0. The number of hydrogen-bond donors (Lipinski definition) is 1. The van der Waals surface area contributed by atoms with Crippen molar-refractivity contribution in [2.75, 3.05) is 0 Å². The molecule has 1 heterocycles. The van der Waals surface area contributed by atoms with Gasteiger partial charge in [0.05, 0.1) is 5.52 Å². The van der Waals surface area contributed by atoms with Gasteiger partial charge in [0.2, 0.25) is 0 Å². The third kappa shape index (κ3) is 5.06. The van der Waals surface area contributed by atoms with Gasteiger partial charge in [0.15, 0.2) is 0 Å². The Bertz CT molecular complexity index is 2750. The Hall–Kier alpha value is -5.08. The highest BCUT2D eigenvalue weighted by Gasteiger charge is 2.32. The number of aryl methyl sites for hydroxylation is 6. The van der Waals surface area contributed by atoms with Crippen molar-refractivity contribution in [2.45, 2.75) is 48.0 Å². The molecule has 1 nitrogen and oxygen atoms in total. The second kappa shape index (κ2) is 12.3. The van der Waals surface area contributed by atoms with E-state index in [0.717, 1.165) is 44.2 Å². The molecular formula is C49H39Cl2N. The van der Waals surface area contributed by atoms with E-state index in [9.17, 15) is 0 Å². The highest BCUT2D eigenvalue weighted by atomic mass is 35.5. The van der Waals surface area contributed by atoms with E-state index in [1.54, 1.807) is 0 Å². The third-order valence-corrected chi connectivity index (χ3v) is 11.8. The SMILES string of the molecule is Cc1cc(C)c(-c2ccc3c(c2)-c2c(c(-c4ccccc4Cl)c4c([nH]c5ccc(-c6c(C)cc(C)cc6C)cc54)c2-c2ccccc2Cl)C3)c(C)c1. The molecule has 0 unspecified atom stereocenters. The molecule has 1 aliphatic carbocycles. The van der Waals surface area contributed by atoms with E-state index < -0.39 is 0 Å². The van der Waals surface area contributed by atoms with Crippen molar-refractivity contribution < 1.29 is 0 Å². The van der Waals surface area contributed by atoms with Gasteiger partial charge in [-0.15, -0.1) is 0 Å². The maximum absolute atomic E-state index is 7.18. The van der Waals surface area contributed by atoms with Crippen LogP contribution in [0.25, 0.3) is 77.4 Å². The standard InChI is InChI=1S/C49H39Cl2N/c1-26-19-28(3)43(29(4)20-26)33-16-15-32-23-39-45(35-11-7-9-13-40(35)50)48-38-25-34(44-30(5)21-27(2)22-31(44)6)17-18-42(38)52-49(48)47(46(39)37(32)24-33)36-12-8-10-14-41(36)51/h7-22,24-25,52H,23H2,1-6H3. The quantitative estimate of drug-likeness (QED) is 0.187. The first-order valence-electron chi connectivity index (χ1n) is 18.0. The number of halogens is 2. The molecule has 0 aliphatic heterocycles. The molecule has 0 bridgehead atoms. The largest absolute Gasteiger partial charge is 0.354 e. The maximum Gasteiger partial charge on any atom is 0.0557 e. The van der Waals surface area contributed by atoms with Gasteiger partial charge in [-0.2, -0.15) is 0 Å².